The highest BCUT2D eigenvalue weighted by Crippen LogP contribution is 2.06. The van der Waals surface area contributed by atoms with Crippen molar-refractivity contribution in [1.82, 2.24) is 4.90 Å². The fourth-order valence-electron chi connectivity index (χ4n) is 1.82. The maximum absolute atomic E-state index is 2.54. The molecule has 1 fully saturated rings. The molecule has 1 nitrogen and oxygen atoms in total. The Hall–Kier alpha value is -0.0400. The van der Waals surface area contributed by atoms with Crippen LogP contribution in [0.3, 0.4) is 0 Å². The van der Waals surface area contributed by atoms with Crippen molar-refractivity contribution in [3.8, 4) is 0 Å². The molecule has 1 rings (SSSR count). The minimum atomic E-state index is 1.32. The molecule has 0 N–H and O–H groups in total. The average molecular weight is 229 g/mol. The molecule has 0 spiro atoms. The Morgan fingerprint density at radius 3 is 1.50 bits per heavy atom. The van der Waals surface area contributed by atoms with Crippen molar-refractivity contribution in [3.05, 3.63) is 0 Å². The van der Waals surface area contributed by atoms with Crippen LogP contribution < -0.4 is 0 Å². The first kappa shape index (κ1) is 18.3. The normalized spacial score (nSPS) is 14.8. The van der Waals surface area contributed by atoms with Gasteiger partial charge in [0.05, 0.1) is 0 Å². The second kappa shape index (κ2) is 17.4. The topological polar surface area (TPSA) is 3.24 Å². The van der Waals surface area contributed by atoms with Gasteiger partial charge in [-0.15, -0.1) is 0 Å². The van der Waals surface area contributed by atoms with Gasteiger partial charge in [0.25, 0.3) is 0 Å². The molecular formula is C15H35N. The Morgan fingerprint density at radius 1 is 0.750 bits per heavy atom. The number of likely N-dealkylation sites (tertiary alicyclic amines) is 1. The minimum Gasteiger partial charge on any atom is -0.303 e. The van der Waals surface area contributed by atoms with E-state index in [9.17, 15) is 0 Å². The third kappa shape index (κ3) is 14.0. The van der Waals surface area contributed by atoms with Gasteiger partial charge in [0, 0.05) is 0 Å². The predicted molar refractivity (Wildman–Crippen MR) is 77.1 cm³/mol. The van der Waals surface area contributed by atoms with Crippen LogP contribution in [0, 0.1) is 0 Å². The lowest BCUT2D eigenvalue weighted by Crippen LogP contribution is -2.19. The molecule has 0 radical (unpaired) electrons. The quantitative estimate of drug-likeness (QED) is 0.592. The molecule has 0 amide bonds. The molecule has 0 atom stereocenters. The molecule has 0 aromatic carbocycles. The summed E-state index contributed by atoms with van der Waals surface area (Å²) in [6.45, 7) is 14.7. The minimum absolute atomic E-state index is 1.32. The third-order valence-electron chi connectivity index (χ3n) is 2.70. The first-order chi connectivity index (χ1) is 7.85. The Bertz CT molecular complexity index is 91.6. The summed E-state index contributed by atoms with van der Waals surface area (Å²) in [5.41, 5.74) is 0. The molecule has 1 aliphatic rings. The lowest BCUT2D eigenvalue weighted by Gasteiger charge is -2.11. The van der Waals surface area contributed by atoms with Crippen LogP contribution in [0.2, 0.25) is 0 Å². The van der Waals surface area contributed by atoms with Crippen LogP contribution >= 0.6 is 0 Å². The maximum Gasteiger partial charge on any atom is -0.00183 e. The Balaban J connectivity index is 0. The van der Waals surface area contributed by atoms with Crippen LogP contribution in [-0.4, -0.2) is 24.5 Å². The van der Waals surface area contributed by atoms with E-state index in [2.05, 4.69) is 25.7 Å². The zero-order valence-electron chi connectivity index (χ0n) is 12.5. The molecule has 16 heavy (non-hydrogen) atoms. The summed E-state index contributed by atoms with van der Waals surface area (Å²) in [5.74, 6) is 0. The molecule has 0 saturated carbocycles. The summed E-state index contributed by atoms with van der Waals surface area (Å²) in [5, 5.41) is 0. The molecule has 0 bridgehead atoms. The summed E-state index contributed by atoms with van der Waals surface area (Å²) in [6, 6.07) is 0. The van der Waals surface area contributed by atoms with E-state index in [1.807, 2.05) is 13.8 Å². The van der Waals surface area contributed by atoms with Gasteiger partial charge >= 0.3 is 0 Å². The van der Waals surface area contributed by atoms with E-state index in [0.29, 0.717) is 0 Å². The second-order valence-corrected chi connectivity index (χ2v) is 4.26. The van der Waals surface area contributed by atoms with Gasteiger partial charge < -0.3 is 4.90 Å². The Morgan fingerprint density at radius 2 is 1.19 bits per heavy atom. The molecule has 100 valence electrons. The number of nitrogens with zero attached hydrogens (tertiary/aromatic N) is 1. The highest BCUT2D eigenvalue weighted by molar-refractivity contribution is 4.64. The molecule has 0 aromatic rings. The van der Waals surface area contributed by atoms with Crippen LogP contribution in [-0.2, 0) is 0 Å². The molecule has 0 aromatic heterocycles. The third-order valence-corrected chi connectivity index (χ3v) is 2.70. The van der Waals surface area contributed by atoms with Gasteiger partial charge in [-0.05, 0) is 38.9 Å². The van der Waals surface area contributed by atoms with Crippen LogP contribution in [0.15, 0.2) is 0 Å². The largest absolute Gasteiger partial charge is 0.303 e. The summed E-state index contributed by atoms with van der Waals surface area (Å²) < 4.78 is 0. The van der Waals surface area contributed by atoms with Crippen molar-refractivity contribution in [2.75, 3.05) is 19.6 Å². The van der Waals surface area contributed by atoms with Gasteiger partial charge in [0.15, 0.2) is 0 Å². The van der Waals surface area contributed by atoms with Crippen molar-refractivity contribution in [1.29, 1.82) is 0 Å². The van der Waals surface area contributed by atoms with E-state index in [4.69, 9.17) is 0 Å². The second-order valence-electron chi connectivity index (χ2n) is 4.26. The van der Waals surface area contributed by atoms with Crippen molar-refractivity contribution in [2.45, 2.75) is 79.6 Å². The van der Waals surface area contributed by atoms with Gasteiger partial charge in [-0.3, -0.25) is 0 Å². The molecular weight excluding hydrogens is 194 g/mol. The van der Waals surface area contributed by atoms with Crippen LogP contribution in [0.1, 0.15) is 79.6 Å². The van der Waals surface area contributed by atoms with E-state index in [-0.39, 0.29) is 0 Å². The molecule has 1 heterocycles. The summed E-state index contributed by atoms with van der Waals surface area (Å²) in [4.78, 5) is 2.54. The van der Waals surface area contributed by atoms with Crippen molar-refractivity contribution in [3.63, 3.8) is 0 Å². The van der Waals surface area contributed by atoms with Gasteiger partial charge in [-0.2, -0.15) is 0 Å². The van der Waals surface area contributed by atoms with Gasteiger partial charge in [-0.25, -0.2) is 0 Å². The monoisotopic (exact) mass is 229 g/mol. The first-order valence-corrected chi connectivity index (χ1v) is 7.57. The van der Waals surface area contributed by atoms with E-state index >= 15 is 0 Å². The Labute approximate surface area is 105 Å². The maximum atomic E-state index is 2.54. The predicted octanol–water partition coefficient (Wildman–Crippen LogP) is 5.11. The molecule has 0 aliphatic carbocycles. The highest BCUT2D eigenvalue weighted by atomic mass is 15.1. The van der Waals surface area contributed by atoms with Crippen molar-refractivity contribution >= 4 is 0 Å². The van der Waals surface area contributed by atoms with Crippen molar-refractivity contribution in [2.24, 2.45) is 0 Å². The number of hydrogen-bond acceptors (Lipinski definition) is 1. The zero-order chi connectivity index (χ0) is 12.6. The number of hydrogen-bond donors (Lipinski definition) is 0. The van der Waals surface area contributed by atoms with Gasteiger partial charge in [0.2, 0.25) is 0 Å². The SMILES string of the molecule is CC.CCCCCC.CCCN1CCCC1. The fourth-order valence-corrected chi connectivity index (χ4v) is 1.82. The van der Waals surface area contributed by atoms with Gasteiger partial charge in [-0.1, -0.05) is 60.3 Å². The molecule has 1 heteroatoms. The van der Waals surface area contributed by atoms with Gasteiger partial charge in [0.1, 0.15) is 0 Å². The van der Waals surface area contributed by atoms with Crippen molar-refractivity contribution < 1.29 is 0 Å². The van der Waals surface area contributed by atoms with E-state index in [1.54, 1.807) is 0 Å². The number of rotatable bonds is 5. The standard InChI is InChI=1S/C7H15N.C6H14.C2H6/c1-2-5-8-6-3-4-7-8;1-3-5-6-4-2;1-2/h2-7H2,1H3;3-6H2,1-2H3;1-2H3. The van der Waals surface area contributed by atoms with Crippen LogP contribution in [0.4, 0.5) is 0 Å². The zero-order valence-corrected chi connectivity index (χ0v) is 12.5. The first-order valence-electron chi connectivity index (χ1n) is 7.57. The summed E-state index contributed by atoms with van der Waals surface area (Å²) in [6.07, 6.45) is 9.72. The van der Waals surface area contributed by atoms with E-state index in [0.717, 1.165) is 0 Å². The fraction of sp³-hybridized carbons (Fsp3) is 1.00. The Kier molecular flexibility index (Phi) is 19.9. The van der Waals surface area contributed by atoms with Crippen LogP contribution in [0.25, 0.3) is 0 Å². The lowest BCUT2D eigenvalue weighted by atomic mass is 10.2. The number of unbranched alkanes of at least 4 members (excludes halogenated alkanes) is 3. The highest BCUT2D eigenvalue weighted by Gasteiger charge is 2.08. The lowest BCUT2D eigenvalue weighted by molar-refractivity contribution is 0.339. The van der Waals surface area contributed by atoms with E-state index in [1.165, 1.54) is 64.6 Å². The molecule has 1 aliphatic heterocycles. The van der Waals surface area contributed by atoms with E-state index < -0.39 is 0 Å². The smallest absolute Gasteiger partial charge is 0.00183 e. The molecule has 1 saturated heterocycles. The van der Waals surface area contributed by atoms with Crippen LogP contribution in [0.5, 0.6) is 0 Å². The summed E-state index contributed by atoms with van der Waals surface area (Å²) in [7, 11) is 0. The summed E-state index contributed by atoms with van der Waals surface area (Å²) >= 11 is 0. The molecule has 0 unspecified atom stereocenters. The average Bonchev–Trinajstić information content (AvgIpc) is 2.83.